The van der Waals surface area contributed by atoms with Crippen molar-refractivity contribution in [3.8, 4) is 0 Å². The Hall–Kier alpha value is -2.16. The molecule has 3 rings (SSSR count). The normalized spacial score (nSPS) is 13.9. The molecule has 20 heavy (non-hydrogen) atoms. The van der Waals surface area contributed by atoms with Gasteiger partial charge in [0.15, 0.2) is 0 Å². The SMILES string of the molecule is CCc1cccc(C(=O)N2CCCc3ncccc32)c1. The Morgan fingerprint density at radius 2 is 2.20 bits per heavy atom. The quantitative estimate of drug-likeness (QED) is 0.836. The third-order valence-electron chi connectivity index (χ3n) is 3.78. The predicted octanol–water partition coefficient (Wildman–Crippen LogP) is 3.24. The van der Waals surface area contributed by atoms with Crippen molar-refractivity contribution in [2.24, 2.45) is 0 Å². The number of aromatic nitrogens is 1. The Labute approximate surface area is 119 Å². The van der Waals surface area contributed by atoms with Crippen LogP contribution in [0.3, 0.4) is 0 Å². The number of benzene rings is 1. The number of pyridine rings is 1. The van der Waals surface area contributed by atoms with Gasteiger partial charge in [-0.15, -0.1) is 0 Å². The molecule has 1 amide bonds. The number of carbonyl (C=O) groups is 1. The molecule has 0 saturated carbocycles. The van der Waals surface area contributed by atoms with E-state index in [4.69, 9.17) is 0 Å². The van der Waals surface area contributed by atoms with Gasteiger partial charge in [0.1, 0.15) is 0 Å². The van der Waals surface area contributed by atoms with E-state index in [-0.39, 0.29) is 5.91 Å². The second kappa shape index (κ2) is 5.45. The van der Waals surface area contributed by atoms with Gasteiger partial charge in [0.25, 0.3) is 5.91 Å². The van der Waals surface area contributed by atoms with Crippen LogP contribution in [-0.2, 0) is 12.8 Å². The molecule has 0 aliphatic carbocycles. The number of carbonyl (C=O) groups excluding carboxylic acids is 1. The Bertz CT molecular complexity index is 636. The summed E-state index contributed by atoms with van der Waals surface area (Å²) in [5, 5.41) is 0. The van der Waals surface area contributed by atoms with Crippen LogP contribution in [0.1, 0.15) is 35.0 Å². The minimum absolute atomic E-state index is 0.0780. The maximum absolute atomic E-state index is 12.7. The van der Waals surface area contributed by atoms with Crippen LogP contribution < -0.4 is 4.90 Å². The molecule has 2 heterocycles. The van der Waals surface area contributed by atoms with Crippen LogP contribution in [0.4, 0.5) is 5.69 Å². The van der Waals surface area contributed by atoms with Crippen molar-refractivity contribution in [2.45, 2.75) is 26.2 Å². The molecule has 1 aromatic heterocycles. The van der Waals surface area contributed by atoms with Crippen LogP contribution in [0.2, 0.25) is 0 Å². The lowest BCUT2D eigenvalue weighted by Crippen LogP contribution is -2.35. The molecule has 0 spiro atoms. The summed E-state index contributed by atoms with van der Waals surface area (Å²) >= 11 is 0. The van der Waals surface area contributed by atoms with E-state index in [1.165, 1.54) is 5.56 Å². The van der Waals surface area contributed by atoms with E-state index >= 15 is 0 Å². The monoisotopic (exact) mass is 266 g/mol. The second-order valence-electron chi connectivity index (χ2n) is 5.08. The molecule has 0 radical (unpaired) electrons. The minimum Gasteiger partial charge on any atom is -0.307 e. The van der Waals surface area contributed by atoms with Crippen molar-refractivity contribution < 1.29 is 4.79 Å². The van der Waals surface area contributed by atoms with Gasteiger partial charge in [-0.05, 0) is 49.1 Å². The Kier molecular flexibility index (Phi) is 3.50. The van der Waals surface area contributed by atoms with Crippen LogP contribution in [-0.4, -0.2) is 17.4 Å². The molecule has 0 N–H and O–H groups in total. The molecular formula is C17H18N2O. The molecule has 0 atom stereocenters. The van der Waals surface area contributed by atoms with Crippen molar-refractivity contribution in [2.75, 3.05) is 11.4 Å². The van der Waals surface area contributed by atoms with E-state index < -0.39 is 0 Å². The molecule has 0 bridgehead atoms. The highest BCUT2D eigenvalue weighted by molar-refractivity contribution is 6.06. The number of anilines is 1. The first-order chi connectivity index (χ1) is 9.79. The van der Waals surface area contributed by atoms with E-state index in [2.05, 4.69) is 18.0 Å². The van der Waals surface area contributed by atoms with Crippen molar-refractivity contribution in [1.29, 1.82) is 0 Å². The summed E-state index contributed by atoms with van der Waals surface area (Å²) in [6, 6.07) is 11.8. The topological polar surface area (TPSA) is 33.2 Å². The van der Waals surface area contributed by atoms with Gasteiger partial charge in [0.05, 0.1) is 11.4 Å². The summed E-state index contributed by atoms with van der Waals surface area (Å²) in [6.45, 7) is 2.87. The number of rotatable bonds is 2. The smallest absolute Gasteiger partial charge is 0.258 e. The molecule has 1 aromatic carbocycles. The fourth-order valence-electron chi connectivity index (χ4n) is 2.68. The molecule has 3 heteroatoms. The van der Waals surface area contributed by atoms with Gasteiger partial charge in [-0.25, -0.2) is 0 Å². The van der Waals surface area contributed by atoms with E-state index in [1.807, 2.05) is 35.2 Å². The van der Waals surface area contributed by atoms with Gasteiger partial charge < -0.3 is 4.90 Å². The van der Waals surface area contributed by atoms with E-state index in [9.17, 15) is 4.79 Å². The Morgan fingerprint density at radius 3 is 3.05 bits per heavy atom. The van der Waals surface area contributed by atoms with Crippen molar-refractivity contribution in [1.82, 2.24) is 4.98 Å². The number of nitrogens with zero attached hydrogens (tertiary/aromatic N) is 2. The third-order valence-corrected chi connectivity index (χ3v) is 3.78. The zero-order valence-electron chi connectivity index (χ0n) is 11.7. The van der Waals surface area contributed by atoms with Gasteiger partial charge in [-0.1, -0.05) is 19.1 Å². The molecule has 0 fully saturated rings. The van der Waals surface area contributed by atoms with E-state index in [0.717, 1.165) is 42.8 Å². The standard InChI is InChI=1S/C17H18N2O/c1-2-13-6-3-7-14(12-13)17(20)19-11-5-8-15-16(19)9-4-10-18-15/h3-4,6-7,9-10,12H,2,5,8,11H2,1H3. The average Bonchev–Trinajstić information content (AvgIpc) is 2.53. The van der Waals surface area contributed by atoms with Crippen LogP contribution >= 0.6 is 0 Å². The number of fused-ring (bicyclic) bond motifs is 1. The second-order valence-corrected chi connectivity index (χ2v) is 5.08. The molecule has 102 valence electrons. The van der Waals surface area contributed by atoms with Gasteiger partial charge in [-0.3, -0.25) is 9.78 Å². The van der Waals surface area contributed by atoms with E-state index in [1.54, 1.807) is 6.20 Å². The summed E-state index contributed by atoms with van der Waals surface area (Å²) in [5.41, 5.74) is 3.95. The zero-order chi connectivity index (χ0) is 13.9. The van der Waals surface area contributed by atoms with Crippen LogP contribution in [0.25, 0.3) is 0 Å². The molecule has 0 saturated heterocycles. The largest absolute Gasteiger partial charge is 0.307 e. The lowest BCUT2D eigenvalue weighted by molar-refractivity contribution is 0.0985. The average molecular weight is 266 g/mol. The highest BCUT2D eigenvalue weighted by atomic mass is 16.2. The fraction of sp³-hybridized carbons (Fsp3) is 0.294. The Morgan fingerprint density at radius 1 is 1.30 bits per heavy atom. The summed E-state index contributed by atoms with van der Waals surface area (Å²) in [4.78, 5) is 19.0. The maximum Gasteiger partial charge on any atom is 0.258 e. The van der Waals surface area contributed by atoms with Crippen LogP contribution in [0, 0.1) is 0 Å². The van der Waals surface area contributed by atoms with Crippen molar-refractivity contribution in [3.05, 3.63) is 59.4 Å². The van der Waals surface area contributed by atoms with Gasteiger partial charge >= 0.3 is 0 Å². The van der Waals surface area contributed by atoms with Gasteiger partial charge in [0, 0.05) is 18.3 Å². The van der Waals surface area contributed by atoms with Crippen molar-refractivity contribution in [3.63, 3.8) is 0 Å². The summed E-state index contributed by atoms with van der Waals surface area (Å²) < 4.78 is 0. The molecular weight excluding hydrogens is 248 g/mol. The molecule has 1 aliphatic rings. The number of amides is 1. The van der Waals surface area contributed by atoms with Crippen molar-refractivity contribution >= 4 is 11.6 Å². The summed E-state index contributed by atoms with van der Waals surface area (Å²) in [5.74, 6) is 0.0780. The highest BCUT2D eigenvalue weighted by Gasteiger charge is 2.23. The number of hydrogen-bond donors (Lipinski definition) is 0. The summed E-state index contributed by atoms with van der Waals surface area (Å²) in [6.07, 6.45) is 4.67. The zero-order valence-corrected chi connectivity index (χ0v) is 11.7. The fourth-order valence-corrected chi connectivity index (χ4v) is 2.68. The number of aryl methyl sites for hydroxylation is 2. The minimum atomic E-state index is 0.0780. The third kappa shape index (κ3) is 2.31. The van der Waals surface area contributed by atoms with E-state index in [0.29, 0.717) is 0 Å². The lowest BCUT2D eigenvalue weighted by Gasteiger charge is -2.28. The first-order valence-electron chi connectivity index (χ1n) is 7.14. The Balaban J connectivity index is 1.95. The number of hydrogen-bond acceptors (Lipinski definition) is 2. The van der Waals surface area contributed by atoms with Gasteiger partial charge in [0.2, 0.25) is 0 Å². The molecule has 3 nitrogen and oxygen atoms in total. The lowest BCUT2D eigenvalue weighted by atomic mass is 10.0. The molecule has 1 aliphatic heterocycles. The first-order valence-corrected chi connectivity index (χ1v) is 7.14. The predicted molar refractivity (Wildman–Crippen MR) is 80.1 cm³/mol. The highest BCUT2D eigenvalue weighted by Crippen LogP contribution is 2.26. The van der Waals surface area contributed by atoms with Crippen LogP contribution in [0.15, 0.2) is 42.6 Å². The maximum atomic E-state index is 12.7. The van der Waals surface area contributed by atoms with Gasteiger partial charge in [-0.2, -0.15) is 0 Å². The molecule has 0 unspecified atom stereocenters. The molecule has 2 aromatic rings. The van der Waals surface area contributed by atoms with Crippen LogP contribution in [0.5, 0.6) is 0 Å². The first kappa shape index (κ1) is 12.9. The summed E-state index contributed by atoms with van der Waals surface area (Å²) in [7, 11) is 0.